The molecule has 0 rings (SSSR count). The minimum Gasteiger partial charge on any atom is -0.396 e. The van der Waals surface area contributed by atoms with Crippen molar-refractivity contribution in [3.63, 3.8) is 0 Å². The Kier molecular flexibility index (Phi) is 12.9. The zero-order valence-corrected chi connectivity index (χ0v) is 10.1. The van der Waals surface area contributed by atoms with Gasteiger partial charge in [-0.25, -0.2) is 0 Å². The zero-order valence-electron chi connectivity index (χ0n) is 10.1. The van der Waals surface area contributed by atoms with Crippen molar-refractivity contribution in [3.05, 3.63) is 24.3 Å². The maximum Gasteiger partial charge on any atom is 0.0431 e. The second-order valence-corrected chi connectivity index (χ2v) is 3.94. The quantitative estimate of drug-likeness (QED) is 0.422. The number of hydrogen-bond acceptors (Lipinski definition) is 1. The smallest absolute Gasteiger partial charge is 0.0431 e. The van der Waals surface area contributed by atoms with Crippen LogP contribution in [0.3, 0.4) is 0 Å². The SMILES string of the molecule is C/C=C\C=C\CCCCCCCCCO. The van der Waals surface area contributed by atoms with Crippen LogP contribution in [0.15, 0.2) is 24.3 Å². The minimum atomic E-state index is 0.357. The summed E-state index contributed by atoms with van der Waals surface area (Å²) in [6.07, 6.45) is 18.5. The molecule has 0 aliphatic rings. The van der Waals surface area contributed by atoms with Crippen LogP contribution in [0.25, 0.3) is 0 Å². The molecule has 0 heterocycles. The predicted molar refractivity (Wildman–Crippen MR) is 68.0 cm³/mol. The summed E-state index contributed by atoms with van der Waals surface area (Å²) < 4.78 is 0. The second kappa shape index (κ2) is 13.4. The first-order chi connectivity index (χ1) is 7.41. The minimum absolute atomic E-state index is 0.357. The molecule has 0 spiro atoms. The number of hydrogen-bond donors (Lipinski definition) is 1. The summed E-state index contributed by atoms with van der Waals surface area (Å²) in [5.74, 6) is 0. The molecule has 0 saturated carbocycles. The van der Waals surface area contributed by atoms with Crippen LogP contribution in [-0.4, -0.2) is 11.7 Å². The summed E-state index contributed by atoms with van der Waals surface area (Å²) in [5, 5.41) is 8.60. The molecular weight excluding hydrogens is 184 g/mol. The molecule has 0 radical (unpaired) electrons. The first kappa shape index (κ1) is 14.4. The lowest BCUT2D eigenvalue weighted by Crippen LogP contribution is -1.83. The fraction of sp³-hybridized carbons (Fsp3) is 0.714. The third-order valence-electron chi connectivity index (χ3n) is 2.47. The standard InChI is InChI=1S/C14H26O/c1-2-3-4-5-6-7-8-9-10-11-12-13-14-15/h2-5,15H,6-14H2,1H3/b3-2-,5-4+. The molecular formula is C14H26O. The van der Waals surface area contributed by atoms with E-state index in [0.717, 1.165) is 6.42 Å². The maximum atomic E-state index is 8.60. The van der Waals surface area contributed by atoms with E-state index < -0.39 is 0 Å². The topological polar surface area (TPSA) is 20.2 Å². The highest BCUT2D eigenvalue weighted by atomic mass is 16.2. The molecule has 15 heavy (non-hydrogen) atoms. The Bertz CT molecular complexity index is 159. The second-order valence-electron chi connectivity index (χ2n) is 3.94. The number of rotatable bonds is 10. The van der Waals surface area contributed by atoms with Crippen molar-refractivity contribution in [1.82, 2.24) is 0 Å². The zero-order chi connectivity index (χ0) is 11.2. The van der Waals surface area contributed by atoms with Gasteiger partial charge in [0.05, 0.1) is 0 Å². The number of allylic oxidation sites excluding steroid dienone is 4. The summed E-state index contributed by atoms with van der Waals surface area (Å²) in [6.45, 7) is 2.40. The van der Waals surface area contributed by atoms with Crippen LogP contribution < -0.4 is 0 Å². The van der Waals surface area contributed by atoms with Crippen LogP contribution in [0.1, 0.15) is 58.3 Å². The van der Waals surface area contributed by atoms with E-state index >= 15 is 0 Å². The summed E-state index contributed by atoms with van der Waals surface area (Å²) >= 11 is 0. The third-order valence-corrected chi connectivity index (χ3v) is 2.47. The molecule has 1 N–H and O–H groups in total. The van der Waals surface area contributed by atoms with Gasteiger partial charge in [0, 0.05) is 6.61 Å². The first-order valence-corrected chi connectivity index (χ1v) is 6.30. The Hall–Kier alpha value is -0.560. The normalized spacial score (nSPS) is 11.9. The van der Waals surface area contributed by atoms with Crippen molar-refractivity contribution in [2.75, 3.05) is 6.61 Å². The van der Waals surface area contributed by atoms with E-state index in [-0.39, 0.29) is 0 Å². The summed E-state index contributed by atoms with van der Waals surface area (Å²) in [6, 6.07) is 0. The fourth-order valence-corrected chi connectivity index (χ4v) is 1.54. The van der Waals surface area contributed by atoms with Crippen LogP contribution in [0, 0.1) is 0 Å². The van der Waals surface area contributed by atoms with Crippen molar-refractivity contribution in [1.29, 1.82) is 0 Å². The molecule has 0 saturated heterocycles. The first-order valence-electron chi connectivity index (χ1n) is 6.30. The predicted octanol–water partition coefficient (Wildman–Crippen LogP) is 4.23. The van der Waals surface area contributed by atoms with Gasteiger partial charge in [0.2, 0.25) is 0 Å². The molecule has 0 aromatic rings. The van der Waals surface area contributed by atoms with E-state index in [4.69, 9.17) is 5.11 Å². The van der Waals surface area contributed by atoms with Gasteiger partial charge in [-0.1, -0.05) is 56.4 Å². The molecule has 0 amide bonds. The molecule has 0 fully saturated rings. The van der Waals surface area contributed by atoms with Crippen molar-refractivity contribution in [2.45, 2.75) is 58.3 Å². The van der Waals surface area contributed by atoms with Gasteiger partial charge in [-0.2, -0.15) is 0 Å². The molecule has 0 aliphatic heterocycles. The van der Waals surface area contributed by atoms with Gasteiger partial charge >= 0.3 is 0 Å². The van der Waals surface area contributed by atoms with E-state index in [2.05, 4.69) is 24.3 Å². The average molecular weight is 210 g/mol. The lowest BCUT2D eigenvalue weighted by molar-refractivity contribution is 0.282. The van der Waals surface area contributed by atoms with Crippen LogP contribution in [-0.2, 0) is 0 Å². The third kappa shape index (κ3) is 13.4. The van der Waals surface area contributed by atoms with Crippen molar-refractivity contribution < 1.29 is 5.11 Å². The maximum absolute atomic E-state index is 8.60. The van der Waals surface area contributed by atoms with Gasteiger partial charge in [-0.3, -0.25) is 0 Å². The van der Waals surface area contributed by atoms with Crippen LogP contribution in [0.4, 0.5) is 0 Å². The Morgan fingerprint density at radius 2 is 1.40 bits per heavy atom. The van der Waals surface area contributed by atoms with Crippen molar-refractivity contribution >= 4 is 0 Å². The summed E-state index contributed by atoms with van der Waals surface area (Å²) in [7, 11) is 0. The Morgan fingerprint density at radius 3 is 2.00 bits per heavy atom. The van der Waals surface area contributed by atoms with Gasteiger partial charge in [0.15, 0.2) is 0 Å². The molecule has 0 bridgehead atoms. The monoisotopic (exact) mass is 210 g/mol. The average Bonchev–Trinajstić information content (AvgIpc) is 2.26. The van der Waals surface area contributed by atoms with Crippen LogP contribution in [0.2, 0.25) is 0 Å². The van der Waals surface area contributed by atoms with Crippen LogP contribution in [0.5, 0.6) is 0 Å². The van der Waals surface area contributed by atoms with Crippen LogP contribution >= 0.6 is 0 Å². The number of aliphatic hydroxyl groups is 1. The molecule has 0 unspecified atom stereocenters. The highest BCUT2D eigenvalue weighted by Gasteiger charge is 1.90. The fourth-order valence-electron chi connectivity index (χ4n) is 1.54. The molecule has 88 valence electrons. The Labute approximate surface area is 94.9 Å². The molecule has 0 atom stereocenters. The van der Waals surface area contributed by atoms with E-state index in [1.807, 2.05) is 6.92 Å². The summed E-state index contributed by atoms with van der Waals surface area (Å²) in [5.41, 5.74) is 0. The van der Waals surface area contributed by atoms with Gasteiger partial charge in [0.25, 0.3) is 0 Å². The lowest BCUT2D eigenvalue weighted by Gasteiger charge is -1.99. The highest BCUT2D eigenvalue weighted by molar-refractivity contribution is 5.00. The largest absolute Gasteiger partial charge is 0.396 e. The van der Waals surface area contributed by atoms with Gasteiger partial charge in [-0.15, -0.1) is 0 Å². The van der Waals surface area contributed by atoms with E-state index in [1.165, 1.54) is 44.9 Å². The molecule has 1 heteroatoms. The highest BCUT2D eigenvalue weighted by Crippen LogP contribution is 2.08. The molecule has 1 nitrogen and oxygen atoms in total. The number of unbranched alkanes of at least 4 members (excludes halogenated alkanes) is 7. The molecule has 0 aromatic heterocycles. The Morgan fingerprint density at radius 1 is 0.800 bits per heavy atom. The van der Waals surface area contributed by atoms with Gasteiger partial charge in [0.1, 0.15) is 0 Å². The number of aliphatic hydroxyl groups excluding tert-OH is 1. The van der Waals surface area contributed by atoms with E-state index in [9.17, 15) is 0 Å². The van der Waals surface area contributed by atoms with Crippen molar-refractivity contribution in [2.24, 2.45) is 0 Å². The van der Waals surface area contributed by atoms with Crippen molar-refractivity contribution in [3.8, 4) is 0 Å². The Balaban J connectivity index is 2.98. The molecule has 0 aromatic carbocycles. The van der Waals surface area contributed by atoms with Gasteiger partial charge in [-0.05, 0) is 26.2 Å². The van der Waals surface area contributed by atoms with E-state index in [0.29, 0.717) is 6.61 Å². The van der Waals surface area contributed by atoms with E-state index in [1.54, 1.807) is 0 Å². The lowest BCUT2D eigenvalue weighted by atomic mass is 10.1. The van der Waals surface area contributed by atoms with Gasteiger partial charge < -0.3 is 5.11 Å². The summed E-state index contributed by atoms with van der Waals surface area (Å²) in [4.78, 5) is 0. The molecule has 0 aliphatic carbocycles.